The molecule has 0 aliphatic carbocycles. The van der Waals surface area contributed by atoms with E-state index in [-0.39, 0.29) is 22.9 Å². The van der Waals surface area contributed by atoms with Crippen LogP contribution in [0.2, 0.25) is 0 Å². The lowest BCUT2D eigenvalue weighted by Crippen LogP contribution is -2.45. The summed E-state index contributed by atoms with van der Waals surface area (Å²) in [7, 11) is -2.25. The number of hydrogen-bond acceptors (Lipinski definition) is 4. The van der Waals surface area contributed by atoms with E-state index < -0.39 is 33.6 Å². The highest BCUT2D eigenvalue weighted by Gasteiger charge is 2.34. The van der Waals surface area contributed by atoms with E-state index in [0.29, 0.717) is 25.1 Å². The fraction of sp³-hybridized carbons (Fsp3) is 0.381. The molecule has 2 unspecified atom stereocenters. The summed E-state index contributed by atoms with van der Waals surface area (Å²) in [5.74, 6) is -1.80. The fourth-order valence-corrected chi connectivity index (χ4v) is 5.06. The summed E-state index contributed by atoms with van der Waals surface area (Å²) in [5, 5.41) is 2.71. The molecule has 1 aliphatic heterocycles. The Morgan fingerprint density at radius 3 is 2.53 bits per heavy atom. The Bertz CT molecular complexity index is 1010. The van der Waals surface area contributed by atoms with Crippen LogP contribution in [0.4, 0.5) is 8.78 Å². The average molecular weight is 438 g/mol. The molecule has 1 fully saturated rings. The van der Waals surface area contributed by atoms with Gasteiger partial charge in [0.15, 0.2) is 0 Å². The second kappa shape index (κ2) is 9.09. The number of rotatable bonds is 6. The quantitative estimate of drug-likeness (QED) is 0.751. The molecule has 2 aromatic rings. The zero-order valence-electron chi connectivity index (χ0n) is 16.8. The van der Waals surface area contributed by atoms with E-state index in [1.54, 1.807) is 19.1 Å². The summed E-state index contributed by atoms with van der Waals surface area (Å²) >= 11 is 0. The highest BCUT2D eigenvalue weighted by molar-refractivity contribution is 7.89. The molecular formula is C21H24F2N2O4S. The fourth-order valence-electron chi connectivity index (χ4n) is 3.53. The molecule has 2 aromatic carbocycles. The number of carbonyl (C=O) groups excluding carboxylic acids is 1. The Balaban J connectivity index is 1.69. The molecule has 2 atom stereocenters. The Labute approximate surface area is 174 Å². The number of piperidine rings is 1. The molecule has 0 saturated carbocycles. The van der Waals surface area contributed by atoms with Crippen LogP contribution < -0.4 is 10.1 Å². The predicted molar refractivity (Wildman–Crippen MR) is 107 cm³/mol. The van der Waals surface area contributed by atoms with Crippen molar-refractivity contribution in [2.24, 2.45) is 5.92 Å². The lowest BCUT2D eigenvalue weighted by molar-refractivity contribution is -0.126. The van der Waals surface area contributed by atoms with Crippen molar-refractivity contribution in [1.29, 1.82) is 0 Å². The predicted octanol–water partition coefficient (Wildman–Crippen LogP) is 3.25. The molecule has 1 N–H and O–H groups in total. The smallest absolute Gasteiger partial charge is 0.243 e. The molecule has 9 heteroatoms. The molecule has 0 bridgehead atoms. The van der Waals surface area contributed by atoms with Crippen LogP contribution in [0.3, 0.4) is 0 Å². The van der Waals surface area contributed by atoms with Crippen LogP contribution in [0.25, 0.3) is 0 Å². The molecule has 0 aromatic heterocycles. The molecule has 3 rings (SSSR count). The first-order valence-electron chi connectivity index (χ1n) is 9.62. The molecule has 162 valence electrons. The van der Waals surface area contributed by atoms with Crippen LogP contribution in [0.15, 0.2) is 47.4 Å². The molecule has 1 amide bonds. The Kier molecular flexibility index (Phi) is 6.72. The molecular weight excluding hydrogens is 414 g/mol. The molecule has 6 nitrogen and oxygen atoms in total. The lowest BCUT2D eigenvalue weighted by Gasteiger charge is -2.32. The van der Waals surface area contributed by atoms with Crippen LogP contribution in [0.5, 0.6) is 5.75 Å². The first-order valence-corrected chi connectivity index (χ1v) is 11.1. The average Bonchev–Trinajstić information content (AvgIpc) is 2.73. The minimum absolute atomic E-state index is 0.0405. The summed E-state index contributed by atoms with van der Waals surface area (Å²) in [6, 6.07) is 8.59. The van der Waals surface area contributed by atoms with Gasteiger partial charge in [0.25, 0.3) is 0 Å². The van der Waals surface area contributed by atoms with Gasteiger partial charge in [-0.2, -0.15) is 4.31 Å². The van der Waals surface area contributed by atoms with Gasteiger partial charge in [0, 0.05) is 24.7 Å². The topological polar surface area (TPSA) is 75.7 Å². The molecule has 0 spiro atoms. The maximum atomic E-state index is 14.0. The Morgan fingerprint density at radius 1 is 1.20 bits per heavy atom. The van der Waals surface area contributed by atoms with Gasteiger partial charge in [-0.1, -0.05) is 6.07 Å². The lowest BCUT2D eigenvalue weighted by atomic mass is 9.97. The summed E-state index contributed by atoms with van der Waals surface area (Å²) in [6.45, 7) is 1.96. The van der Waals surface area contributed by atoms with Gasteiger partial charge in [-0.3, -0.25) is 4.79 Å². The monoisotopic (exact) mass is 438 g/mol. The Morgan fingerprint density at radius 2 is 1.90 bits per heavy atom. The third-order valence-electron chi connectivity index (χ3n) is 5.24. The van der Waals surface area contributed by atoms with E-state index in [1.807, 2.05) is 0 Å². The van der Waals surface area contributed by atoms with Crippen LogP contribution in [-0.2, 0) is 14.8 Å². The number of sulfonamides is 1. The largest absolute Gasteiger partial charge is 0.497 e. The van der Waals surface area contributed by atoms with Gasteiger partial charge in [-0.05, 0) is 50.1 Å². The van der Waals surface area contributed by atoms with Gasteiger partial charge in [-0.25, -0.2) is 17.2 Å². The maximum absolute atomic E-state index is 14.0. The third-order valence-corrected chi connectivity index (χ3v) is 7.12. The van der Waals surface area contributed by atoms with Crippen LogP contribution in [-0.4, -0.2) is 38.8 Å². The van der Waals surface area contributed by atoms with Crippen molar-refractivity contribution in [3.05, 3.63) is 59.7 Å². The first kappa shape index (κ1) is 22.2. The van der Waals surface area contributed by atoms with Gasteiger partial charge in [0.2, 0.25) is 15.9 Å². The second-order valence-electron chi connectivity index (χ2n) is 7.27. The minimum Gasteiger partial charge on any atom is -0.497 e. The summed E-state index contributed by atoms with van der Waals surface area (Å²) in [4.78, 5) is 12.8. The van der Waals surface area contributed by atoms with E-state index in [1.165, 1.54) is 29.6 Å². The van der Waals surface area contributed by atoms with Crippen LogP contribution >= 0.6 is 0 Å². The van der Waals surface area contributed by atoms with Crippen molar-refractivity contribution in [3.63, 3.8) is 0 Å². The zero-order chi connectivity index (χ0) is 21.9. The first-order chi connectivity index (χ1) is 14.2. The number of benzene rings is 2. The summed E-state index contributed by atoms with van der Waals surface area (Å²) in [6.07, 6.45) is 1.06. The van der Waals surface area contributed by atoms with Crippen molar-refractivity contribution in [2.75, 3.05) is 20.2 Å². The van der Waals surface area contributed by atoms with E-state index in [9.17, 15) is 22.0 Å². The highest BCUT2D eigenvalue weighted by atomic mass is 32.2. The SMILES string of the molecule is COc1ccc(S(=O)(=O)N2CCCC(C(=O)NC(C)c3ccc(F)cc3F)C2)cc1. The molecule has 1 heterocycles. The maximum Gasteiger partial charge on any atom is 0.243 e. The van der Waals surface area contributed by atoms with Crippen LogP contribution in [0, 0.1) is 17.6 Å². The number of ether oxygens (including phenoxy) is 1. The van der Waals surface area contributed by atoms with Crippen LogP contribution in [0.1, 0.15) is 31.4 Å². The number of carbonyl (C=O) groups is 1. The minimum atomic E-state index is -3.75. The summed E-state index contributed by atoms with van der Waals surface area (Å²) in [5.41, 5.74) is 0.170. The van der Waals surface area contributed by atoms with E-state index in [4.69, 9.17) is 4.74 Å². The van der Waals surface area contributed by atoms with E-state index in [2.05, 4.69) is 5.32 Å². The number of amides is 1. The van der Waals surface area contributed by atoms with Crippen molar-refractivity contribution >= 4 is 15.9 Å². The van der Waals surface area contributed by atoms with Gasteiger partial charge in [-0.15, -0.1) is 0 Å². The van der Waals surface area contributed by atoms with Gasteiger partial charge in [0.1, 0.15) is 17.4 Å². The second-order valence-corrected chi connectivity index (χ2v) is 9.21. The normalized spacial score (nSPS) is 18.6. The molecule has 0 radical (unpaired) electrons. The number of nitrogens with one attached hydrogen (secondary N) is 1. The number of nitrogens with zero attached hydrogens (tertiary/aromatic N) is 1. The van der Waals surface area contributed by atoms with Gasteiger partial charge >= 0.3 is 0 Å². The van der Waals surface area contributed by atoms with Crippen molar-refractivity contribution in [1.82, 2.24) is 9.62 Å². The standard InChI is InChI=1S/C21H24F2N2O4S/c1-14(19-10-5-16(22)12-20(19)23)24-21(26)15-4-3-11-25(13-15)30(27,28)18-8-6-17(29-2)7-9-18/h5-10,12,14-15H,3-4,11,13H2,1-2H3,(H,24,26). The third kappa shape index (κ3) is 4.79. The van der Waals surface area contributed by atoms with E-state index in [0.717, 1.165) is 12.1 Å². The zero-order valence-corrected chi connectivity index (χ0v) is 17.6. The van der Waals surface area contributed by atoms with E-state index >= 15 is 0 Å². The van der Waals surface area contributed by atoms with Crippen molar-refractivity contribution in [2.45, 2.75) is 30.7 Å². The highest BCUT2D eigenvalue weighted by Crippen LogP contribution is 2.26. The van der Waals surface area contributed by atoms with Gasteiger partial charge in [0.05, 0.1) is 24.0 Å². The number of hydrogen-bond donors (Lipinski definition) is 1. The van der Waals surface area contributed by atoms with Gasteiger partial charge < -0.3 is 10.1 Å². The van der Waals surface area contributed by atoms with Crippen molar-refractivity contribution in [3.8, 4) is 5.75 Å². The molecule has 1 aliphatic rings. The number of halogens is 2. The van der Waals surface area contributed by atoms with Crippen molar-refractivity contribution < 1.29 is 26.7 Å². The molecule has 30 heavy (non-hydrogen) atoms. The number of methoxy groups -OCH3 is 1. The molecule has 1 saturated heterocycles. The summed E-state index contributed by atoms with van der Waals surface area (Å²) < 4.78 is 59.3. The Hall–Kier alpha value is -2.52.